The molecule has 0 fully saturated rings. The molecule has 3 aromatic rings. The van der Waals surface area contributed by atoms with E-state index in [-0.39, 0.29) is 10.8 Å². The van der Waals surface area contributed by atoms with Gasteiger partial charge in [0.1, 0.15) is 16.6 Å². The Morgan fingerprint density at radius 3 is 2.52 bits per heavy atom. The summed E-state index contributed by atoms with van der Waals surface area (Å²) >= 11 is 5.09. The van der Waals surface area contributed by atoms with Crippen LogP contribution in [0.25, 0.3) is 10.9 Å². The molecule has 3 rings (SSSR count). The van der Waals surface area contributed by atoms with Crippen molar-refractivity contribution in [2.24, 2.45) is 5.73 Å². The Balaban J connectivity index is 2.09. The SMILES string of the molecule is NC(=S)c1cc2ccccc2nc1Nc1ccc(F)cc1. The first-order chi connectivity index (χ1) is 10.1. The molecule has 0 aliphatic heterocycles. The third-order valence-electron chi connectivity index (χ3n) is 3.10. The number of nitrogens with zero attached hydrogens (tertiary/aromatic N) is 1. The highest BCUT2D eigenvalue weighted by molar-refractivity contribution is 7.80. The molecular formula is C16H12FN3S. The van der Waals surface area contributed by atoms with Crippen LogP contribution in [0.5, 0.6) is 0 Å². The van der Waals surface area contributed by atoms with Crippen molar-refractivity contribution in [3.05, 3.63) is 66.0 Å². The third-order valence-corrected chi connectivity index (χ3v) is 3.32. The third kappa shape index (κ3) is 2.83. The molecule has 3 N–H and O–H groups in total. The molecule has 2 aromatic carbocycles. The Morgan fingerprint density at radius 2 is 1.81 bits per heavy atom. The van der Waals surface area contributed by atoms with Gasteiger partial charge < -0.3 is 11.1 Å². The van der Waals surface area contributed by atoms with Crippen LogP contribution in [0.2, 0.25) is 0 Å². The molecule has 0 spiro atoms. The number of para-hydroxylation sites is 1. The summed E-state index contributed by atoms with van der Waals surface area (Å²) in [7, 11) is 0. The largest absolute Gasteiger partial charge is 0.389 e. The van der Waals surface area contributed by atoms with E-state index in [1.54, 1.807) is 12.1 Å². The Bertz CT molecular complexity index is 815. The number of hydrogen-bond donors (Lipinski definition) is 2. The van der Waals surface area contributed by atoms with Gasteiger partial charge in [-0.25, -0.2) is 9.37 Å². The number of thiocarbonyl (C=S) groups is 1. The molecule has 0 bridgehead atoms. The quantitative estimate of drug-likeness (QED) is 0.723. The van der Waals surface area contributed by atoms with Crippen LogP contribution in [0, 0.1) is 5.82 Å². The average molecular weight is 297 g/mol. The van der Waals surface area contributed by atoms with Crippen LogP contribution >= 0.6 is 12.2 Å². The summed E-state index contributed by atoms with van der Waals surface area (Å²) in [5.74, 6) is 0.273. The van der Waals surface area contributed by atoms with Gasteiger partial charge in [0.05, 0.1) is 11.1 Å². The monoisotopic (exact) mass is 297 g/mol. The number of nitrogens with two attached hydrogens (primary N) is 1. The van der Waals surface area contributed by atoms with Gasteiger partial charge in [-0.1, -0.05) is 30.4 Å². The molecule has 0 radical (unpaired) electrons. The van der Waals surface area contributed by atoms with E-state index in [4.69, 9.17) is 18.0 Å². The number of aromatic nitrogens is 1. The van der Waals surface area contributed by atoms with E-state index >= 15 is 0 Å². The fourth-order valence-corrected chi connectivity index (χ4v) is 2.22. The molecule has 1 heterocycles. The number of rotatable bonds is 3. The minimum atomic E-state index is -0.290. The summed E-state index contributed by atoms with van der Waals surface area (Å²) in [5, 5.41) is 4.09. The van der Waals surface area contributed by atoms with Gasteiger partial charge in [-0.15, -0.1) is 0 Å². The summed E-state index contributed by atoms with van der Waals surface area (Å²) in [6.07, 6.45) is 0. The Hall–Kier alpha value is -2.53. The lowest BCUT2D eigenvalue weighted by Gasteiger charge is -2.12. The van der Waals surface area contributed by atoms with E-state index in [0.29, 0.717) is 11.4 Å². The molecule has 3 nitrogen and oxygen atoms in total. The van der Waals surface area contributed by atoms with Gasteiger partial charge in [0.2, 0.25) is 0 Å². The van der Waals surface area contributed by atoms with E-state index in [9.17, 15) is 4.39 Å². The van der Waals surface area contributed by atoms with Crippen molar-refractivity contribution in [2.75, 3.05) is 5.32 Å². The maximum atomic E-state index is 13.0. The number of nitrogens with one attached hydrogen (secondary N) is 1. The van der Waals surface area contributed by atoms with Crippen molar-refractivity contribution in [3.8, 4) is 0 Å². The fraction of sp³-hybridized carbons (Fsp3) is 0. The van der Waals surface area contributed by atoms with Gasteiger partial charge in [0.25, 0.3) is 0 Å². The van der Waals surface area contributed by atoms with Gasteiger partial charge >= 0.3 is 0 Å². The topological polar surface area (TPSA) is 50.9 Å². The maximum Gasteiger partial charge on any atom is 0.141 e. The highest BCUT2D eigenvalue weighted by Gasteiger charge is 2.09. The number of anilines is 2. The lowest BCUT2D eigenvalue weighted by Crippen LogP contribution is -2.13. The second-order valence-corrected chi connectivity index (χ2v) is 5.01. The fourth-order valence-electron chi connectivity index (χ4n) is 2.07. The van der Waals surface area contributed by atoms with Crippen LogP contribution in [-0.4, -0.2) is 9.97 Å². The van der Waals surface area contributed by atoms with E-state index < -0.39 is 0 Å². The number of pyridine rings is 1. The first-order valence-corrected chi connectivity index (χ1v) is 6.76. The second kappa shape index (κ2) is 5.46. The number of benzene rings is 2. The molecule has 0 saturated heterocycles. The molecule has 0 unspecified atom stereocenters. The van der Waals surface area contributed by atoms with E-state index in [2.05, 4.69) is 10.3 Å². The van der Waals surface area contributed by atoms with Crippen LogP contribution in [-0.2, 0) is 0 Å². The highest BCUT2D eigenvalue weighted by atomic mass is 32.1. The molecule has 0 saturated carbocycles. The maximum absolute atomic E-state index is 13.0. The van der Waals surface area contributed by atoms with Gasteiger partial charge in [-0.2, -0.15) is 0 Å². The van der Waals surface area contributed by atoms with Crippen molar-refractivity contribution >= 4 is 39.6 Å². The number of hydrogen-bond acceptors (Lipinski definition) is 3. The standard InChI is InChI=1S/C16H12FN3S/c17-11-5-7-12(8-6-11)19-16-13(15(18)21)9-10-3-1-2-4-14(10)20-16/h1-9H,(H2,18,21)(H,19,20). The van der Waals surface area contributed by atoms with Crippen molar-refractivity contribution in [1.82, 2.24) is 4.98 Å². The van der Waals surface area contributed by atoms with Crippen LogP contribution < -0.4 is 11.1 Å². The van der Waals surface area contributed by atoms with E-state index in [1.165, 1.54) is 12.1 Å². The van der Waals surface area contributed by atoms with Crippen molar-refractivity contribution < 1.29 is 4.39 Å². The zero-order valence-corrected chi connectivity index (χ0v) is 11.8. The molecule has 0 aliphatic rings. The molecule has 5 heteroatoms. The van der Waals surface area contributed by atoms with Crippen molar-refractivity contribution in [1.29, 1.82) is 0 Å². The minimum absolute atomic E-state index is 0.262. The molecule has 0 amide bonds. The normalized spacial score (nSPS) is 10.5. The van der Waals surface area contributed by atoms with E-state index in [0.717, 1.165) is 16.6 Å². The van der Waals surface area contributed by atoms with Crippen LogP contribution in [0.3, 0.4) is 0 Å². The van der Waals surface area contributed by atoms with Crippen LogP contribution in [0.15, 0.2) is 54.6 Å². The minimum Gasteiger partial charge on any atom is -0.389 e. The number of halogens is 1. The van der Waals surface area contributed by atoms with Gasteiger partial charge in [0, 0.05) is 11.1 Å². The summed E-state index contributed by atoms with van der Waals surface area (Å²) in [6, 6.07) is 15.6. The molecular weight excluding hydrogens is 285 g/mol. The molecule has 104 valence electrons. The predicted octanol–water partition coefficient (Wildman–Crippen LogP) is 3.75. The molecule has 1 aromatic heterocycles. The first-order valence-electron chi connectivity index (χ1n) is 6.36. The lowest BCUT2D eigenvalue weighted by molar-refractivity contribution is 0.628. The molecule has 0 atom stereocenters. The first kappa shape index (κ1) is 13.5. The average Bonchev–Trinajstić information content (AvgIpc) is 2.48. The summed E-state index contributed by atoms with van der Waals surface area (Å²) < 4.78 is 13.0. The summed E-state index contributed by atoms with van der Waals surface area (Å²) in [4.78, 5) is 4.80. The summed E-state index contributed by atoms with van der Waals surface area (Å²) in [5.41, 5.74) is 7.99. The Labute approximate surface area is 126 Å². The van der Waals surface area contributed by atoms with Crippen molar-refractivity contribution in [2.45, 2.75) is 0 Å². The smallest absolute Gasteiger partial charge is 0.141 e. The molecule has 21 heavy (non-hydrogen) atoms. The second-order valence-electron chi connectivity index (χ2n) is 4.57. The molecule has 0 aliphatic carbocycles. The van der Waals surface area contributed by atoms with Crippen LogP contribution in [0.4, 0.5) is 15.9 Å². The zero-order valence-electron chi connectivity index (χ0n) is 11.0. The van der Waals surface area contributed by atoms with Gasteiger partial charge in [-0.3, -0.25) is 0 Å². The van der Waals surface area contributed by atoms with Crippen molar-refractivity contribution in [3.63, 3.8) is 0 Å². The highest BCUT2D eigenvalue weighted by Crippen LogP contribution is 2.23. The predicted molar refractivity (Wildman–Crippen MR) is 87.3 cm³/mol. The number of fused-ring (bicyclic) bond motifs is 1. The van der Waals surface area contributed by atoms with E-state index in [1.807, 2.05) is 30.3 Å². The Kier molecular flexibility index (Phi) is 3.50. The summed E-state index contributed by atoms with van der Waals surface area (Å²) in [6.45, 7) is 0. The van der Waals surface area contributed by atoms with Gasteiger partial charge in [-0.05, 0) is 36.4 Å². The lowest BCUT2D eigenvalue weighted by atomic mass is 10.1. The Morgan fingerprint density at radius 1 is 1.10 bits per heavy atom. The zero-order chi connectivity index (χ0) is 14.8. The van der Waals surface area contributed by atoms with Gasteiger partial charge in [0.15, 0.2) is 0 Å². The van der Waals surface area contributed by atoms with Crippen LogP contribution in [0.1, 0.15) is 5.56 Å².